The third-order valence-corrected chi connectivity index (χ3v) is 27.6. The van der Waals surface area contributed by atoms with Crippen molar-refractivity contribution >= 4 is 130 Å². The van der Waals surface area contributed by atoms with Gasteiger partial charge in [-0.2, -0.15) is 0 Å². The maximum absolute atomic E-state index is 2.38. The summed E-state index contributed by atoms with van der Waals surface area (Å²) in [5.41, 5.74) is 33.3. The molecular weight excluding hydrogens is 1630 g/mol. The summed E-state index contributed by atoms with van der Waals surface area (Å²) in [5, 5.41) is 22.9. The molecule has 0 aliphatic heterocycles. The summed E-state index contributed by atoms with van der Waals surface area (Å²) in [5.74, 6) is 0. The molecule has 27 aromatic rings. The Morgan fingerprint density at radius 3 is 0.363 bits per heavy atom. The third kappa shape index (κ3) is 13.9. The number of rotatable bonds is 12. The summed E-state index contributed by atoms with van der Waals surface area (Å²) in [6.45, 7) is 0. The van der Waals surface area contributed by atoms with Gasteiger partial charge in [-0.3, -0.25) is 0 Å². The quantitative estimate of drug-likeness (QED) is 0.108. The van der Waals surface area contributed by atoms with Gasteiger partial charge >= 0.3 is 0 Å². The Balaban J connectivity index is 0.000000109. The van der Waals surface area contributed by atoms with Gasteiger partial charge in [0.1, 0.15) is 0 Å². The van der Waals surface area contributed by atoms with E-state index in [-0.39, 0.29) is 0 Å². The van der Waals surface area contributed by atoms with Gasteiger partial charge < -0.3 is 13.7 Å². The number of nitrogens with zero attached hydrogens (tertiary/aromatic N) is 3. The monoisotopic (exact) mass is 1710 g/mol. The first-order chi connectivity index (χ1) is 67.0. The van der Waals surface area contributed by atoms with Crippen molar-refractivity contribution < 1.29 is 0 Å². The number of hydrogen-bond acceptors (Lipinski definition) is 0. The second kappa shape index (κ2) is 33.9. The van der Waals surface area contributed by atoms with Crippen molar-refractivity contribution in [3.63, 3.8) is 0 Å². The van der Waals surface area contributed by atoms with Gasteiger partial charge in [0.05, 0.1) is 33.1 Å². The number of hydrogen-bond donors (Lipinski definition) is 0. The largest absolute Gasteiger partial charge is 0.309 e. The van der Waals surface area contributed by atoms with Crippen LogP contribution in [0.2, 0.25) is 0 Å². The van der Waals surface area contributed by atoms with Crippen molar-refractivity contribution in [1.82, 2.24) is 13.7 Å². The summed E-state index contributed by atoms with van der Waals surface area (Å²) >= 11 is 0. The molecule has 0 saturated carbocycles. The number of para-hydroxylation sites is 6. The topological polar surface area (TPSA) is 14.8 Å². The fourth-order valence-electron chi connectivity index (χ4n) is 21.6. The molecule has 0 amide bonds. The fourth-order valence-corrected chi connectivity index (χ4v) is 21.6. The van der Waals surface area contributed by atoms with Crippen molar-refractivity contribution in [2.24, 2.45) is 0 Å². The zero-order valence-corrected chi connectivity index (χ0v) is 74.1. The lowest BCUT2D eigenvalue weighted by atomic mass is 9.85. The zero-order valence-electron chi connectivity index (χ0n) is 74.1. The van der Waals surface area contributed by atoms with E-state index in [0.717, 1.165) is 5.69 Å². The molecule has 27 rings (SSSR count). The van der Waals surface area contributed by atoms with Gasteiger partial charge in [0.15, 0.2) is 0 Å². The van der Waals surface area contributed by atoms with Gasteiger partial charge in [0.2, 0.25) is 0 Å². The molecule has 0 bridgehead atoms. The second-order valence-corrected chi connectivity index (χ2v) is 35.1. The highest BCUT2D eigenvalue weighted by Crippen LogP contribution is 2.50. The molecule has 0 spiro atoms. The summed E-state index contributed by atoms with van der Waals surface area (Å²) in [7, 11) is 0. The SMILES string of the molecule is c1ccc(-c2c3ccccc3c(-c3ccc(-n4c5ccccc5c5ccccc54)cc3)c3ccccc23)cc1.c1ccc(-c2ccc(-c3c4ccccc4c(-c4ccc(-n5c6ccccc6c6ccccc65)cc4)c4ccccc34)cc2)cc1.c1ccc(-c2ccc(-c3ccc(-c4c5ccccc5c(-c5ccc(-n6c7ccccc7c7ccccc76)cc5)c5ccccc45)cc3)cc2)cc1. The Morgan fingerprint density at radius 2 is 0.193 bits per heavy atom. The van der Waals surface area contributed by atoms with Crippen molar-refractivity contribution in [3.8, 4) is 117 Å². The van der Waals surface area contributed by atoms with Gasteiger partial charge in [-0.25, -0.2) is 0 Å². The van der Waals surface area contributed by atoms with E-state index in [2.05, 4.69) is 541 Å². The Kier molecular flexibility index (Phi) is 20.0. The second-order valence-electron chi connectivity index (χ2n) is 35.1. The van der Waals surface area contributed by atoms with E-state index in [0.29, 0.717) is 0 Å². The van der Waals surface area contributed by atoms with Crippen LogP contribution in [0, 0.1) is 0 Å². The van der Waals surface area contributed by atoms with Crippen molar-refractivity contribution in [2.45, 2.75) is 0 Å². The predicted octanol–water partition coefficient (Wildman–Crippen LogP) is 36.3. The first-order valence-electron chi connectivity index (χ1n) is 46.6. The van der Waals surface area contributed by atoms with E-state index >= 15 is 0 Å². The molecule has 3 nitrogen and oxygen atoms in total. The van der Waals surface area contributed by atoms with Gasteiger partial charge in [-0.15, -0.1) is 0 Å². The number of benzene rings is 24. The molecule has 0 N–H and O–H groups in total. The first kappa shape index (κ1) is 79.4. The summed E-state index contributed by atoms with van der Waals surface area (Å²) in [4.78, 5) is 0. The minimum atomic E-state index is 1.16. The lowest BCUT2D eigenvalue weighted by Crippen LogP contribution is -1.94. The van der Waals surface area contributed by atoms with Crippen LogP contribution in [0.3, 0.4) is 0 Å². The Morgan fingerprint density at radius 1 is 0.0815 bits per heavy atom. The predicted molar refractivity (Wildman–Crippen MR) is 576 cm³/mol. The molecule has 0 aliphatic carbocycles. The molecule has 24 aromatic carbocycles. The molecule has 135 heavy (non-hydrogen) atoms. The van der Waals surface area contributed by atoms with Gasteiger partial charge in [-0.1, -0.05) is 455 Å². The summed E-state index contributed by atoms with van der Waals surface area (Å²) in [6.07, 6.45) is 0. The highest BCUT2D eigenvalue weighted by atomic mass is 15.0. The molecule has 3 aromatic heterocycles. The Labute approximate surface area is 783 Å². The molecular formula is C132H87N3. The smallest absolute Gasteiger partial charge is 0.0541 e. The maximum atomic E-state index is 2.38. The Bertz CT molecular complexity index is 8880. The van der Waals surface area contributed by atoms with Crippen LogP contribution >= 0.6 is 0 Å². The molecule has 0 saturated heterocycles. The van der Waals surface area contributed by atoms with Gasteiger partial charge in [0.25, 0.3) is 0 Å². The van der Waals surface area contributed by atoms with E-state index in [4.69, 9.17) is 0 Å². The standard InChI is InChI=1S/C50H33N.C44H29N.C38H25N/c1-2-12-34(13-3-1)35-22-24-36(25-23-35)37-26-28-38(29-27-37)49-43-16-4-6-18-45(43)50(46-19-7-5-17-44(46)49)39-30-32-40(33-31-39)51-47-20-10-8-14-41(47)42-15-9-11-21-48(42)51;1-2-12-30(13-3-1)31-22-24-32(25-23-31)43-37-16-4-6-18-39(37)44(40-19-7-5-17-38(40)43)33-26-28-34(29-27-33)45-41-20-10-8-14-35(41)36-15-9-11-21-42(36)45;1-2-12-26(13-3-1)37-31-16-4-6-18-33(31)38(34-19-7-5-17-32(34)37)27-22-24-28(25-23-27)39-35-20-10-8-14-29(35)30-15-9-11-21-36(30)39/h1-33H;1-29H;1-25H. The van der Waals surface area contributed by atoms with Crippen LogP contribution in [0.5, 0.6) is 0 Å². The van der Waals surface area contributed by atoms with Gasteiger partial charge in [-0.05, 0) is 238 Å². The highest BCUT2D eigenvalue weighted by molar-refractivity contribution is 6.25. The summed E-state index contributed by atoms with van der Waals surface area (Å²) in [6, 6.07) is 192. The van der Waals surface area contributed by atoms with E-state index in [1.165, 1.54) is 242 Å². The number of fused-ring (bicyclic) bond motifs is 15. The third-order valence-electron chi connectivity index (χ3n) is 27.6. The van der Waals surface area contributed by atoms with Crippen LogP contribution in [-0.2, 0) is 0 Å². The minimum absolute atomic E-state index is 1.16. The van der Waals surface area contributed by atoms with Crippen LogP contribution in [0.25, 0.3) is 247 Å². The first-order valence-corrected chi connectivity index (χ1v) is 46.6. The van der Waals surface area contributed by atoms with Crippen molar-refractivity contribution in [1.29, 1.82) is 0 Å². The average Bonchev–Trinajstić information content (AvgIpc) is 1.70. The van der Waals surface area contributed by atoms with E-state index in [1.54, 1.807) is 0 Å². The van der Waals surface area contributed by atoms with Gasteiger partial charge in [0, 0.05) is 49.4 Å². The molecule has 0 radical (unpaired) electrons. The maximum Gasteiger partial charge on any atom is 0.0541 e. The lowest BCUT2D eigenvalue weighted by Gasteiger charge is -2.18. The molecule has 0 fully saturated rings. The van der Waals surface area contributed by atoms with Crippen LogP contribution in [0.4, 0.5) is 0 Å². The minimum Gasteiger partial charge on any atom is -0.309 e. The van der Waals surface area contributed by atoms with Crippen LogP contribution in [0.15, 0.2) is 528 Å². The zero-order chi connectivity index (χ0) is 89.2. The molecule has 630 valence electrons. The molecule has 3 heterocycles. The van der Waals surface area contributed by atoms with Crippen LogP contribution < -0.4 is 0 Å². The lowest BCUT2D eigenvalue weighted by molar-refractivity contribution is 1.18. The number of aromatic nitrogens is 3. The normalized spacial score (nSPS) is 11.6. The molecule has 0 unspecified atom stereocenters. The van der Waals surface area contributed by atoms with E-state index in [1.807, 2.05) is 0 Å². The molecule has 3 heteroatoms. The Hall–Kier alpha value is -17.8. The fraction of sp³-hybridized carbons (Fsp3) is 0. The van der Waals surface area contributed by atoms with E-state index in [9.17, 15) is 0 Å². The molecule has 0 atom stereocenters. The van der Waals surface area contributed by atoms with Crippen molar-refractivity contribution in [3.05, 3.63) is 528 Å². The average molecular weight is 1720 g/mol. The molecule has 0 aliphatic rings. The summed E-state index contributed by atoms with van der Waals surface area (Å²) < 4.78 is 7.14. The van der Waals surface area contributed by atoms with Crippen molar-refractivity contribution in [2.75, 3.05) is 0 Å². The van der Waals surface area contributed by atoms with Crippen LogP contribution in [0.1, 0.15) is 0 Å². The van der Waals surface area contributed by atoms with Crippen LogP contribution in [-0.4, -0.2) is 13.7 Å². The highest BCUT2D eigenvalue weighted by Gasteiger charge is 2.24. The van der Waals surface area contributed by atoms with E-state index < -0.39 is 0 Å².